The van der Waals surface area contributed by atoms with E-state index in [1.165, 1.54) is 42.4 Å². The Balaban J connectivity index is 0.000000221. The SMILES string of the molecule is C=C1CCCc2ccccc21.C=CCCC. The normalized spacial score (nSPS) is 13.4. The van der Waals surface area contributed by atoms with Crippen LogP contribution in [0.3, 0.4) is 0 Å². The summed E-state index contributed by atoms with van der Waals surface area (Å²) in [5.74, 6) is 0. The highest BCUT2D eigenvalue weighted by Gasteiger charge is 2.10. The first-order valence-electron chi connectivity index (χ1n) is 6.16. The highest BCUT2D eigenvalue weighted by atomic mass is 14.1. The number of aryl methyl sites for hydroxylation is 1. The molecular weight excluding hydrogens is 192 g/mol. The van der Waals surface area contributed by atoms with Gasteiger partial charge in [0.05, 0.1) is 0 Å². The minimum Gasteiger partial charge on any atom is -0.103 e. The molecule has 16 heavy (non-hydrogen) atoms. The van der Waals surface area contributed by atoms with Gasteiger partial charge in [0.1, 0.15) is 0 Å². The van der Waals surface area contributed by atoms with E-state index < -0.39 is 0 Å². The van der Waals surface area contributed by atoms with Gasteiger partial charge in [-0.05, 0) is 42.4 Å². The second kappa shape index (κ2) is 7.05. The molecule has 1 aromatic carbocycles. The van der Waals surface area contributed by atoms with Crippen LogP contribution < -0.4 is 0 Å². The number of unbranched alkanes of at least 4 members (excludes halogenated alkanes) is 1. The Morgan fingerprint density at radius 1 is 1.25 bits per heavy atom. The minimum atomic E-state index is 1.15. The lowest BCUT2D eigenvalue weighted by Gasteiger charge is -2.16. The van der Waals surface area contributed by atoms with Gasteiger partial charge in [0.2, 0.25) is 0 Å². The highest BCUT2D eigenvalue weighted by molar-refractivity contribution is 5.67. The summed E-state index contributed by atoms with van der Waals surface area (Å²) in [6, 6.07) is 8.59. The van der Waals surface area contributed by atoms with Crippen molar-refractivity contribution in [3.8, 4) is 0 Å². The summed E-state index contributed by atoms with van der Waals surface area (Å²) >= 11 is 0. The predicted molar refractivity (Wildman–Crippen MR) is 73.5 cm³/mol. The fourth-order valence-corrected chi connectivity index (χ4v) is 1.91. The second-order valence-corrected chi connectivity index (χ2v) is 4.19. The van der Waals surface area contributed by atoms with Crippen LogP contribution in [0.1, 0.15) is 43.7 Å². The predicted octanol–water partition coefficient (Wildman–Crippen LogP) is 5.01. The van der Waals surface area contributed by atoms with Gasteiger partial charge in [0, 0.05) is 0 Å². The smallest absolute Gasteiger partial charge is 0.0198 e. The molecule has 0 spiro atoms. The van der Waals surface area contributed by atoms with Gasteiger partial charge < -0.3 is 0 Å². The second-order valence-electron chi connectivity index (χ2n) is 4.19. The molecule has 0 atom stereocenters. The molecule has 1 aliphatic rings. The summed E-state index contributed by atoms with van der Waals surface area (Å²) in [6.45, 7) is 9.75. The lowest BCUT2D eigenvalue weighted by Crippen LogP contribution is -1.99. The molecular formula is C16H22. The molecule has 0 fully saturated rings. The lowest BCUT2D eigenvalue weighted by molar-refractivity contribution is 0.823. The third-order valence-corrected chi connectivity index (χ3v) is 2.82. The number of allylic oxidation sites excluding steroid dienone is 2. The van der Waals surface area contributed by atoms with Crippen LogP contribution in [-0.2, 0) is 6.42 Å². The van der Waals surface area contributed by atoms with Gasteiger partial charge >= 0.3 is 0 Å². The van der Waals surface area contributed by atoms with Crippen molar-refractivity contribution in [2.45, 2.75) is 39.0 Å². The maximum absolute atomic E-state index is 4.06. The highest BCUT2D eigenvalue weighted by Crippen LogP contribution is 2.28. The summed E-state index contributed by atoms with van der Waals surface area (Å²) in [5.41, 5.74) is 4.18. The Labute approximate surface area is 99.7 Å². The van der Waals surface area contributed by atoms with E-state index in [0.717, 1.165) is 6.42 Å². The zero-order valence-corrected chi connectivity index (χ0v) is 10.3. The average Bonchev–Trinajstić information content (AvgIpc) is 2.32. The van der Waals surface area contributed by atoms with Crippen molar-refractivity contribution >= 4 is 5.57 Å². The number of fused-ring (bicyclic) bond motifs is 1. The van der Waals surface area contributed by atoms with Gasteiger partial charge in [0.25, 0.3) is 0 Å². The first kappa shape index (κ1) is 12.8. The molecule has 0 nitrogen and oxygen atoms in total. The van der Waals surface area contributed by atoms with Crippen LogP contribution in [0.15, 0.2) is 43.5 Å². The summed E-state index contributed by atoms with van der Waals surface area (Å²) in [5, 5.41) is 0. The maximum Gasteiger partial charge on any atom is -0.0198 e. The standard InChI is InChI=1S/C11H12.C5H10/c1-9-5-4-7-10-6-2-3-8-11(9)10;1-3-5-4-2/h2-3,6,8H,1,4-5,7H2;3H,1,4-5H2,2H3. The van der Waals surface area contributed by atoms with Gasteiger partial charge in [-0.3, -0.25) is 0 Å². The van der Waals surface area contributed by atoms with Crippen molar-refractivity contribution in [2.75, 3.05) is 0 Å². The van der Waals surface area contributed by atoms with E-state index in [1.54, 1.807) is 0 Å². The molecule has 2 rings (SSSR count). The van der Waals surface area contributed by atoms with Crippen LogP contribution in [0, 0.1) is 0 Å². The van der Waals surface area contributed by atoms with Crippen molar-refractivity contribution in [1.82, 2.24) is 0 Å². The molecule has 0 bridgehead atoms. The van der Waals surface area contributed by atoms with Gasteiger partial charge in [-0.25, -0.2) is 0 Å². The van der Waals surface area contributed by atoms with E-state index >= 15 is 0 Å². The van der Waals surface area contributed by atoms with E-state index in [2.05, 4.69) is 44.3 Å². The number of hydrogen-bond acceptors (Lipinski definition) is 0. The molecule has 1 aromatic rings. The van der Waals surface area contributed by atoms with Crippen molar-refractivity contribution in [3.63, 3.8) is 0 Å². The van der Waals surface area contributed by atoms with Crippen molar-refractivity contribution < 1.29 is 0 Å². The van der Waals surface area contributed by atoms with Crippen LogP contribution in [0.2, 0.25) is 0 Å². The summed E-state index contributed by atoms with van der Waals surface area (Å²) in [7, 11) is 0. The Hall–Kier alpha value is -1.30. The Morgan fingerprint density at radius 2 is 2.00 bits per heavy atom. The van der Waals surface area contributed by atoms with Gasteiger partial charge in [-0.1, -0.05) is 50.3 Å². The van der Waals surface area contributed by atoms with Crippen LogP contribution in [0.25, 0.3) is 5.57 Å². The minimum absolute atomic E-state index is 1.15. The zero-order valence-electron chi connectivity index (χ0n) is 10.3. The van der Waals surface area contributed by atoms with Crippen LogP contribution in [-0.4, -0.2) is 0 Å². The molecule has 0 saturated heterocycles. The van der Waals surface area contributed by atoms with Crippen LogP contribution in [0.5, 0.6) is 0 Å². The van der Waals surface area contributed by atoms with Gasteiger partial charge in [-0.2, -0.15) is 0 Å². The molecule has 0 saturated carbocycles. The molecule has 86 valence electrons. The Bertz CT molecular complexity index is 347. The van der Waals surface area contributed by atoms with Crippen molar-refractivity contribution in [2.24, 2.45) is 0 Å². The van der Waals surface area contributed by atoms with E-state index in [0.29, 0.717) is 0 Å². The first-order valence-corrected chi connectivity index (χ1v) is 6.16. The average molecular weight is 214 g/mol. The quantitative estimate of drug-likeness (QED) is 0.607. The van der Waals surface area contributed by atoms with Crippen LogP contribution >= 0.6 is 0 Å². The summed E-state index contributed by atoms with van der Waals surface area (Å²) < 4.78 is 0. The van der Waals surface area contributed by atoms with Gasteiger partial charge in [-0.15, -0.1) is 6.58 Å². The fraction of sp³-hybridized carbons (Fsp3) is 0.375. The van der Waals surface area contributed by atoms with Crippen molar-refractivity contribution in [1.29, 1.82) is 0 Å². The molecule has 0 amide bonds. The largest absolute Gasteiger partial charge is 0.103 e. The number of benzene rings is 1. The molecule has 0 unspecified atom stereocenters. The number of hydrogen-bond donors (Lipinski definition) is 0. The first-order chi connectivity index (χ1) is 7.79. The fourth-order valence-electron chi connectivity index (χ4n) is 1.91. The van der Waals surface area contributed by atoms with E-state index in [1.807, 2.05) is 6.08 Å². The Morgan fingerprint density at radius 3 is 2.56 bits per heavy atom. The van der Waals surface area contributed by atoms with E-state index in [4.69, 9.17) is 0 Å². The summed E-state index contributed by atoms with van der Waals surface area (Å²) in [4.78, 5) is 0. The Kier molecular flexibility index (Phi) is 5.63. The molecule has 0 heterocycles. The van der Waals surface area contributed by atoms with E-state index in [9.17, 15) is 0 Å². The monoisotopic (exact) mass is 214 g/mol. The topological polar surface area (TPSA) is 0 Å². The molecule has 1 aliphatic carbocycles. The molecule has 0 N–H and O–H groups in total. The van der Waals surface area contributed by atoms with Crippen LogP contribution in [0.4, 0.5) is 0 Å². The summed E-state index contributed by atoms with van der Waals surface area (Å²) in [6.07, 6.45) is 7.99. The number of rotatable bonds is 2. The van der Waals surface area contributed by atoms with Crippen molar-refractivity contribution in [3.05, 3.63) is 54.6 Å². The molecule has 0 aromatic heterocycles. The zero-order chi connectivity index (χ0) is 11.8. The lowest BCUT2D eigenvalue weighted by atomic mass is 9.88. The molecule has 0 aliphatic heterocycles. The van der Waals surface area contributed by atoms with E-state index in [-0.39, 0.29) is 0 Å². The third-order valence-electron chi connectivity index (χ3n) is 2.82. The molecule has 0 heteroatoms. The van der Waals surface area contributed by atoms with Gasteiger partial charge in [0.15, 0.2) is 0 Å². The third kappa shape index (κ3) is 3.69. The maximum atomic E-state index is 4.06. The molecule has 0 radical (unpaired) electrons.